The van der Waals surface area contributed by atoms with Crippen LogP contribution in [0.15, 0.2) is 35.2 Å². The average molecular weight is 367 g/mol. The van der Waals surface area contributed by atoms with Gasteiger partial charge in [-0.3, -0.25) is 9.59 Å². The lowest BCUT2D eigenvalue weighted by molar-refractivity contribution is -0.141. The van der Waals surface area contributed by atoms with Gasteiger partial charge >= 0.3 is 6.18 Å². The van der Waals surface area contributed by atoms with Gasteiger partial charge in [-0.1, -0.05) is 0 Å². The third kappa shape index (κ3) is 3.76. The van der Waals surface area contributed by atoms with E-state index in [2.05, 4.69) is 15.6 Å². The molecule has 0 saturated carbocycles. The third-order valence-electron chi connectivity index (χ3n) is 3.49. The topological polar surface area (TPSA) is 71.1 Å². The van der Waals surface area contributed by atoms with E-state index in [0.29, 0.717) is 17.1 Å². The zero-order chi connectivity index (χ0) is 18.2. The predicted molar refractivity (Wildman–Crippen MR) is 87.7 cm³/mol. The van der Waals surface area contributed by atoms with Gasteiger partial charge in [0.1, 0.15) is 5.69 Å². The first-order valence-corrected chi connectivity index (χ1v) is 8.15. The molecule has 25 heavy (non-hydrogen) atoms. The van der Waals surface area contributed by atoms with Crippen LogP contribution in [-0.4, -0.2) is 22.6 Å². The molecule has 0 saturated heterocycles. The summed E-state index contributed by atoms with van der Waals surface area (Å²) in [5.41, 5.74) is -0.0134. The number of fused-ring (bicyclic) bond motifs is 1. The van der Waals surface area contributed by atoms with Crippen molar-refractivity contribution in [2.75, 3.05) is 16.4 Å². The molecule has 3 rings (SSSR count). The Morgan fingerprint density at radius 1 is 1.28 bits per heavy atom. The fourth-order valence-corrected chi connectivity index (χ4v) is 3.11. The Kier molecular flexibility index (Phi) is 4.42. The van der Waals surface area contributed by atoms with Gasteiger partial charge in [0.25, 0.3) is 5.91 Å². The minimum absolute atomic E-state index is 0.0193. The number of rotatable bonds is 2. The van der Waals surface area contributed by atoms with E-state index >= 15 is 0 Å². The Hall–Kier alpha value is -2.55. The monoisotopic (exact) mass is 367 g/mol. The molecule has 130 valence electrons. The van der Waals surface area contributed by atoms with E-state index in [9.17, 15) is 22.8 Å². The van der Waals surface area contributed by atoms with E-state index in [-0.39, 0.29) is 17.2 Å². The molecule has 2 amide bonds. The van der Waals surface area contributed by atoms with Crippen LogP contribution in [0.1, 0.15) is 21.7 Å². The summed E-state index contributed by atoms with van der Waals surface area (Å²) in [6.45, 7) is 1.34. The first kappa shape index (κ1) is 17.3. The number of alkyl halides is 3. The Balaban J connectivity index is 1.81. The molecule has 2 aromatic rings. The largest absolute Gasteiger partial charge is 0.433 e. The fraction of sp³-hybridized carbons (Fsp3) is 0.188. The summed E-state index contributed by atoms with van der Waals surface area (Å²) in [4.78, 5) is 28.0. The van der Waals surface area contributed by atoms with Gasteiger partial charge < -0.3 is 10.6 Å². The molecule has 1 aliphatic rings. The van der Waals surface area contributed by atoms with Gasteiger partial charge in [-0.25, -0.2) is 4.98 Å². The number of aromatic nitrogens is 1. The number of hydrogen-bond donors (Lipinski definition) is 2. The number of benzene rings is 1. The SMILES string of the molecule is Cc1nc(C(F)(F)F)ccc1C(=O)Nc1ccc2c(c1)NC(=O)CS2. The number of aryl methyl sites for hydroxylation is 1. The van der Waals surface area contributed by atoms with Gasteiger partial charge in [0.2, 0.25) is 5.91 Å². The highest BCUT2D eigenvalue weighted by atomic mass is 32.2. The molecule has 1 aliphatic heterocycles. The van der Waals surface area contributed by atoms with Crippen molar-refractivity contribution >= 4 is 35.0 Å². The second kappa shape index (κ2) is 6.40. The van der Waals surface area contributed by atoms with Gasteiger partial charge in [-0.2, -0.15) is 13.2 Å². The summed E-state index contributed by atoms with van der Waals surface area (Å²) >= 11 is 1.39. The van der Waals surface area contributed by atoms with E-state index < -0.39 is 17.8 Å². The Morgan fingerprint density at radius 3 is 2.72 bits per heavy atom. The number of nitrogens with zero attached hydrogens (tertiary/aromatic N) is 1. The molecular weight excluding hydrogens is 355 g/mol. The molecule has 0 radical (unpaired) electrons. The molecule has 9 heteroatoms. The van der Waals surface area contributed by atoms with Crippen LogP contribution < -0.4 is 10.6 Å². The van der Waals surface area contributed by atoms with Gasteiger partial charge in [0.05, 0.1) is 22.7 Å². The van der Waals surface area contributed by atoms with Crippen molar-refractivity contribution in [3.8, 4) is 0 Å². The number of pyridine rings is 1. The van der Waals surface area contributed by atoms with Crippen molar-refractivity contribution < 1.29 is 22.8 Å². The molecule has 2 N–H and O–H groups in total. The van der Waals surface area contributed by atoms with E-state index in [1.807, 2.05) is 0 Å². The number of thioether (sulfide) groups is 1. The molecule has 0 fully saturated rings. The normalized spacial score (nSPS) is 13.8. The van der Waals surface area contributed by atoms with Crippen molar-refractivity contribution in [3.05, 3.63) is 47.3 Å². The number of halogens is 3. The molecule has 1 aromatic carbocycles. The predicted octanol–water partition coefficient (Wildman–Crippen LogP) is 3.71. The Bertz CT molecular complexity index is 868. The molecule has 0 unspecified atom stereocenters. The highest BCUT2D eigenvalue weighted by Gasteiger charge is 2.33. The summed E-state index contributed by atoms with van der Waals surface area (Å²) in [5.74, 6) is -0.382. The fourth-order valence-electron chi connectivity index (χ4n) is 2.32. The van der Waals surface area contributed by atoms with Gasteiger partial charge in [-0.15, -0.1) is 11.8 Å². The maximum absolute atomic E-state index is 12.6. The summed E-state index contributed by atoms with van der Waals surface area (Å²) < 4.78 is 37.9. The van der Waals surface area contributed by atoms with Crippen molar-refractivity contribution in [2.45, 2.75) is 18.0 Å². The van der Waals surface area contributed by atoms with Crippen molar-refractivity contribution in [2.24, 2.45) is 0 Å². The smallest absolute Gasteiger partial charge is 0.324 e. The van der Waals surface area contributed by atoms with Crippen LogP contribution >= 0.6 is 11.8 Å². The zero-order valence-electron chi connectivity index (χ0n) is 12.9. The standard InChI is InChI=1S/C16H12F3N3O2S/c1-8-10(3-5-13(20-8)16(17,18)19)15(24)21-9-2-4-12-11(6-9)22-14(23)7-25-12/h2-6H,7H2,1H3,(H,21,24)(H,22,23). The molecule has 0 bridgehead atoms. The number of amides is 2. The van der Waals surface area contributed by atoms with Crippen LogP contribution in [0.2, 0.25) is 0 Å². The number of carbonyl (C=O) groups excluding carboxylic acids is 2. The number of nitrogens with one attached hydrogen (secondary N) is 2. The van der Waals surface area contributed by atoms with Crippen LogP contribution in [0.4, 0.5) is 24.5 Å². The molecule has 5 nitrogen and oxygen atoms in total. The summed E-state index contributed by atoms with van der Waals surface area (Å²) in [6, 6.07) is 6.88. The van der Waals surface area contributed by atoms with Gasteiger partial charge in [0.15, 0.2) is 0 Å². The van der Waals surface area contributed by atoms with E-state index in [4.69, 9.17) is 0 Å². The van der Waals surface area contributed by atoms with Crippen molar-refractivity contribution in [3.63, 3.8) is 0 Å². The van der Waals surface area contributed by atoms with Gasteiger partial charge in [-0.05, 0) is 37.3 Å². The van der Waals surface area contributed by atoms with Crippen LogP contribution in [0, 0.1) is 6.92 Å². The number of carbonyl (C=O) groups is 2. The lowest BCUT2D eigenvalue weighted by Crippen LogP contribution is -2.19. The number of hydrogen-bond acceptors (Lipinski definition) is 4. The maximum atomic E-state index is 12.6. The first-order chi connectivity index (χ1) is 11.7. The van der Waals surface area contributed by atoms with E-state index in [1.54, 1.807) is 18.2 Å². The second-order valence-corrected chi connectivity index (χ2v) is 6.35. The molecule has 0 spiro atoms. The molecule has 1 aromatic heterocycles. The van der Waals surface area contributed by atoms with E-state index in [1.165, 1.54) is 18.7 Å². The maximum Gasteiger partial charge on any atom is 0.433 e. The highest BCUT2D eigenvalue weighted by molar-refractivity contribution is 8.00. The highest BCUT2D eigenvalue weighted by Crippen LogP contribution is 2.33. The summed E-state index contributed by atoms with van der Waals surface area (Å²) in [6.07, 6.45) is -4.56. The first-order valence-electron chi connectivity index (χ1n) is 7.17. The molecule has 0 atom stereocenters. The van der Waals surface area contributed by atoms with Crippen LogP contribution in [0.25, 0.3) is 0 Å². The van der Waals surface area contributed by atoms with Gasteiger partial charge in [0, 0.05) is 10.6 Å². The number of anilines is 2. The summed E-state index contributed by atoms with van der Waals surface area (Å²) in [7, 11) is 0. The Labute approximate surface area is 145 Å². The molecular formula is C16H12F3N3O2S. The Morgan fingerprint density at radius 2 is 2.04 bits per heavy atom. The van der Waals surface area contributed by atoms with Crippen LogP contribution in [0.5, 0.6) is 0 Å². The summed E-state index contributed by atoms with van der Waals surface area (Å²) in [5, 5.41) is 5.30. The zero-order valence-corrected chi connectivity index (χ0v) is 13.7. The van der Waals surface area contributed by atoms with Crippen molar-refractivity contribution in [1.29, 1.82) is 0 Å². The molecule has 0 aliphatic carbocycles. The third-order valence-corrected chi connectivity index (χ3v) is 4.56. The average Bonchev–Trinajstić information content (AvgIpc) is 2.53. The van der Waals surface area contributed by atoms with Crippen molar-refractivity contribution in [1.82, 2.24) is 4.98 Å². The second-order valence-electron chi connectivity index (χ2n) is 5.33. The lowest BCUT2D eigenvalue weighted by Gasteiger charge is -2.17. The lowest BCUT2D eigenvalue weighted by atomic mass is 10.1. The molecule has 2 heterocycles. The van der Waals surface area contributed by atoms with Crippen LogP contribution in [-0.2, 0) is 11.0 Å². The minimum atomic E-state index is -4.56. The quantitative estimate of drug-likeness (QED) is 0.849. The van der Waals surface area contributed by atoms with E-state index in [0.717, 1.165) is 17.0 Å². The minimum Gasteiger partial charge on any atom is -0.324 e. The van der Waals surface area contributed by atoms with Crippen LogP contribution in [0.3, 0.4) is 0 Å².